The van der Waals surface area contributed by atoms with Gasteiger partial charge in [-0.15, -0.1) is 10.2 Å². The molecule has 0 spiro atoms. The molecule has 0 radical (unpaired) electrons. The van der Waals surface area contributed by atoms with Gasteiger partial charge < -0.3 is 15.4 Å². The van der Waals surface area contributed by atoms with Gasteiger partial charge in [-0.3, -0.25) is 0 Å². The van der Waals surface area contributed by atoms with Crippen molar-refractivity contribution in [2.45, 2.75) is 13.5 Å². The first kappa shape index (κ1) is 12.4. The molecule has 0 aliphatic heterocycles. The van der Waals surface area contributed by atoms with Gasteiger partial charge in [-0.2, -0.15) is 0 Å². The van der Waals surface area contributed by atoms with Crippen LogP contribution in [0.3, 0.4) is 0 Å². The monoisotopic (exact) mass is 266 g/mol. The molecule has 1 heterocycles. The van der Waals surface area contributed by atoms with Gasteiger partial charge in [-0.05, 0) is 37.3 Å². The second-order valence-electron chi connectivity index (χ2n) is 3.62. The van der Waals surface area contributed by atoms with Crippen LogP contribution in [0, 0.1) is 5.82 Å². The summed E-state index contributed by atoms with van der Waals surface area (Å²) in [5.74, 6) is -0.499. The number of nitrogens with zero attached hydrogens (tertiary/aromatic N) is 3. The Morgan fingerprint density at radius 3 is 2.89 bits per heavy atom. The first-order valence-electron chi connectivity index (χ1n) is 5.26. The number of hydrogen-bond acceptors (Lipinski definition) is 3. The maximum atomic E-state index is 13.2. The Bertz CT molecular complexity index is 650. The van der Waals surface area contributed by atoms with Gasteiger partial charge in [0.2, 0.25) is 11.0 Å². The zero-order chi connectivity index (χ0) is 13.3. The molecule has 0 aliphatic carbocycles. The van der Waals surface area contributed by atoms with Gasteiger partial charge in [0.15, 0.2) is 5.69 Å². The summed E-state index contributed by atoms with van der Waals surface area (Å²) in [4.78, 5) is 0. The van der Waals surface area contributed by atoms with Crippen molar-refractivity contribution in [1.29, 1.82) is 0 Å². The van der Waals surface area contributed by atoms with Crippen molar-refractivity contribution in [2.24, 2.45) is 16.0 Å². The van der Waals surface area contributed by atoms with E-state index in [1.165, 1.54) is 12.1 Å². The largest absolute Gasteiger partial charge is 0.493 e. The third-order valence-electron chi connectivity index (χ3n) is 2.54. The summed E-state index contributed by atoms with van der Waals surface area (Å²) in [6.45, 7) is 2.38. The van der Waals surface area contributed by atoms with E-state index in [1.807, 2.05) is 6.92 Å². The van der Waals surface area contributed by atoms with Crippen LogP contribution in [0.4, 0.5) is 10.1 Å². The van der Waals surface area contributed by atoms with Crippen molar-refractivity contribution in [3.05, 3.63) is 24.0 Å². The average molecular weight is 266 g/mol. The maximum Gasteiger partial charge on any atom is 0.220 e. The van der Waals surface area contributed by atoms with Gasteiger partial charge in [0, 0.05) is 11.9 Å². The predicted octanol–water partition coefficient (Wildman–Crippen LogP) is 2.83. The lowest BCUT2D eigenvalue weighted by molar-refractivity contribution is 0.427. The normalized spacial score (nSPS) is 11.4. The summed E-state index contributed by atoms with van der Waals surface area (Å²) in [6.07, 6.45) is 0. The first-order valence-corrected chi connectivity index (χ1v) is 5.67. The quantitative estimate of drug-likeness (QED) is 0.648. The van der Waals surface area contributed by atoms with Crippen LogP contribution in [0.1, 0.15) is 6.92 Å². The molecule has 2 rings (SSSR count). The number of benzene rings is 1. The smallest absolute Gasteiger partial charge is 0.220 e. The SMILES string of the molecule is CCn1c(O)c(N=NC(N)=S)c2cc(F)ccc21. The minimum atomic E-state index is -0.414. The summed E-state index contributed by atoms with van der Waals surface area (Å²) >= 11 is 4.58. The van der Waals surface area contributed by atoms with Crippen LogP contribution in [0.2, 0.25) is 0 Å². The highest BCUT2D eigenvalue weighted by Crippen LogP contribution is 2.39. The Balaban J connectivity index is 2.74. The number of rotatable bonds is 2. The number of fused-ring (bicyclic) bond motifs is 1. The van der Waals surface area contributed by atoms with Crippen molar-refractivity contribution in [3.63, 3.8) is 0 Å². The zero-order valence-corrected chi connectivity index (χ0v) is 10.4. The summed E-state index contributed by atoms with van der Waals surface area (Å²) in [7, 11) is 0. The minimum Gasteiger partial charge on any atom is -0.493 e. The molecule has 0 amide bonds. The molecule has 0 fully saturated rings. The number of nitrogens with two attached hydrogens (primary N) is 1. The Hall–Kier alpha value is -2.02. The van der Waals surface area contributed by atoms with Gasteiger partial charge in [0.05, 0.1) is 5.52 Å². The zero-order valence-electron chi connectivity index (χ0n) is 9.59. The lowest BCUT2D eigenvalue weighted by Gasteiger charge is -2.01. The van der Waals surface area contributed by atoms with E-state index in [-0.39, 0.29) is 16.7 Å². The van der Waals surface area contributed by atoms with Crippen LogP contribution in [-0.2, 0) is 6.54 Å². The fourth-order valence-corrected chi connectivity index (χ4v) is 1.85. The molecule has 7 heteroatoms. The molecule has 18 heavy (non-hydrogen) atoms. The molecule has 1 aromatic heterocycles. The van der Waals surface area contributed by atoms with E-state index < -0.39 is 5.82 Å². The van der Waals surface area contributed by atoms with Crippen molar-refractivity contribution in [1.82, 2.24) is 4.57 Å². The van der Waals surface area contributed by atoms with Crippen LogP contribution in [0.25, 0.3) is 10.9 Å². The fraction of sp³-hybridized carbons (Fsp3) is 0.182. The fourth-order valence-electron chi connectivity index (χ4n) is 1.81. The molecule has 2 aromatic rings. The maximum absolute atomic E-state index is 13.2. The standard InChI is InChI=1S/C11H11FN4OS/c1-2-16-8-4-3-6(12)5-7(8)9(10(16)17)14-15-11(13)18/h3-5,17H,2H2,1H3,(H2,13,18). The molecule has 0 unspecified atom stereocenters. The number of aryl methyl sites for hydroxylation is 1. The molecule has 0 aliphatic rings. The summed E-state index contributed by atoms with van der Waals surface area (Å²) < 4.78 is 14.8. The van der Waals surface area contributed by atoms with Gasteiger partial charge in [-0.1, -0.05) is 0 Å². The third-order valence-corrected chi connectivity index (χ3v) is 2.62. The highest BCUT2D eigenvalue weighted by atomic mass is 32.1. The topological polar surface area (TPSA) is 75.9 Å². The Morgan fingerprint density at radius 2 is 2.28 bits per heavy atom. The number of aromatic nitrogens is 1. The van der Waals surface area contributed by atoms with Crippen LogP contribution in [-0.4, -0.2) is 14.8 Å². The van der Waals surface area contributed by atoms with Crippen LogP contribution in [0.5, 0.6) is 5.88 Å². The number of halogens is 1. The van der Waals surface area contributed by atoms with Crippen molar-refractivity contribution < 1.29 is 9.50 Å². The van der Waals surface area contributed by atoms with Crippen LogP contribution < -0.4 is 5.73 Å². The highest BCUT2D eigenvalue weighted by molar-refractivity contribution is 7.80. The van der Waals surface area contributed by atoms with E-state index >= 15 is 0 Å². The highest BCUT2D eigenvalue weighted by Gasteiger charge is 2.16. The minimum absolute atomic E-state index is 0.0851. The molecular formula is C11H11FN4OS. The molecule has 5 nitrogen and oxygen atoms in total. The van der Waals surface area contributed by atoms with Gasteiger partial charge >= 0.3 is 0 Å². The molecule has 1 aromatic carbocycles. The van der Waals surface area contributed by atoms with E-state index in [0.29, 0.717) is 17.4 Å². The van der Waals surface area contributed by atoms with Crippen molar-refractivity contribution in [2.75, 3.05) is 0 Å². The molecular weight excluding hydrogens is 255 g/mol. The second kappa shape index (κ2) is 4.69. The van der Waals surface area contributed by atoms with E-state index in [4.69, 9.17) is 5.73 Å². The molecule has 0 saturated carbocycles. The summed E-state index contributed by atoms with van der Waals surface area (Å²) in [5, 5.41) is 17.6. The van der Waals surface area contributed by atoms with E-state index in [0.717, 1.165) is 0 Å². The van der Waals surface area contributed by atoms with Crippen LogP contribution in [0.15, 0.2) is 28.4 Å². The van der Waals surface area contributed by atoms with Gasteiger partial charge in [0.1, 0.15) is 5.82 Å². The average Bonchev–Trinajstić information content (AvgIpc) is 2.57. The van der Waals surface area contributed by atoms with Crippen molar-refractivity contribution >= 4 is 33.9 Å². The lowest BCUT2D eigenvalue weighted by atomic mass is 10.2. The number of thiocarbonyl (C=S) groups is 1. The predicted molar refractivity (Wildman–Crippen MR) is 70.5 cm³/mol. The van der Waals surface area contributed by atoms with Crippen LogP contribution >= 0.6 is 12.2 Å². The molecule has 0 atom stereocenters. The van der Waals surface area contributed by atoms with Gasteiger partial charge in [0.25, 0.3) is 0 Å². The number of azo groups is 1. The molecule has 0 saturated heterocycles. The molecule has 3 N–H and O–H groups in total. The summed E-state index contributed by atoms with van der Waals surface area (Å²) in [6, 6.07) is 4.19. The third kappa shape index (κ3) is 2.04. The summed E-state index contributed by atoms with van der Waals surface area (Å²) in [5.41, 5.74) is 6.05. The van der Waals surface area contributed by atoms with E-state index in [1.54, 1.807) is 10.6 Å². The first-order chi connectivity index (χ1) is 8.54. The Labute approximate surface area is 108 Å². The number of hydrogen-bond donors (Lipinski definition) is 2. The Morgan fingerprint density at radius 1 is 1.56 bits per heavy atom. The lowest BCUT2D eigenvalue weighted by Crippen LogP contribution is -2.01. The molecule has 94 valence electrons. The van der Waals surface area contributed by atoms with Crippen molar-refractivity contribution in [3.8, 4) is 5.88 Å². The number of aromatic hydroxyl groups is 1. The molecule has 0 bridgehead atoms. The van der Waals surface area contributed by atoms with E-state index in [9.17, 15) is 9.50 Å². The second-order valence-corrected chi connectivity index (χ2v) is 4.03. The Kier molecular flexibility index (Phi) is 3.24. The van der Waals surface area contributed by atoms with Gasteiger partial charge in [-0.25, -0.2) is 4.39 Å². The van der Waals surface area contributed by atoms with E-state index in [2.05, 4.69) is 22.4 Å².